The summed E-state index contributed by atoms with van der Waals surface area (Å²) in [6.45, 7) is 11.9. The summed E-state index contributed by atoms with van der Waals surface area (Å²) in [5, 5.41) is 0. The average molecular weight is 398 g/mol. The van der Waals surface area contributed by atoms with Crippen LogP contribution < -0.4 is 4.74 Å². The molecular formula is C19H28BrNO3. The molecule has 1 atom stereocenters. The minimum Gasteiger partial charge on any atom is -0.493 e. The number of halogens is 1. The van der Waals surface area contributed by atoms with E-state index in [2.05, 4.69) is 41.9 Å². The van der Waals surface area contributed by atoms with Gasteiger partial charge in [0.1, 0.15) is 11.4 Å². The molecule has 0 aliphatic carbocycles. The zero-order valence-corrected chi connectivity index (χ0v) is 16.9. The maximum atomic E-state index is 12.2. The van der Waals surface area contributed by atoms with Crippen LogP contribution in [0.2, 0.25) is 0 Å². The van der Waals surface area contributed by atoms with Crippen molar-refractivity contribution in [3.8, 4) is 5.75 Å². The Morgan fingerprint density at radius 2 is 1.92 bits per heavy atom. The molecule has 1 aliphatic rings. The Labute approximate surface area is 153 Å². The lowest BCUT2D eigenvalue weighted by Gasteiger charge is -2.34. The van der Waals surface area contributed by atoms with Crippen LogP contribution in [0, 0.1) is 19.8 Å². The molecule has 0 aromatic heterocycles. The van der Waals surface area contributed by atoms with Gasteiger partial charge in [-0.15, -0.1) is 0 Å². The number of hydrogen-bond donors (Lipinski definition) is 0. The highest BCUT2D eigenvalue weighted by atomic mass is 79.9. The van der Waals surface area contributed by atoms with Crippen LogP contribution >= 0.6 is 15.9 Å². The van der Waals surface area contributed by atoms with Crippen molar-refractivity contribution in [2.75, 3.05) is 19.7 Å². The van der Waals surface area contributed by atoms with Gasteiger partial charge in [0.2, 0.25) is 0 Å². The lowest BCUT2D eigenvalue weighted by molar-refractivity contribution is 0.0139. The number of aryl methyl sites for hydroxylation is 2. The van der Waals surface area contributed by atoms with E-state index in [1.807, 2.05) is 25.7 Å². The molecule has 1 fully saturated rings. The van der Waals surface area contributed by atoms with Gasteiger partial charge in [-0.25, -0.2) is 4.79 Å². The maximum absolute atomic E-state index is 12.2. The third-order valence-electron chi connectivity index (χ3n) is 4.06. The number of piperidine rings is 1. The lowest BCUT2D eigenvalue weighted by Crippen LogP contribution is -2.44. The molecule has 1 aromatic rings. The number of nitrogens with zero attached hydrogens (tertiary/aromatic N) is 1. The summed E-state index contributed by atoms with van der Waals surface area (Å²) in [7, 11) is 0. The average Bonchev–Trinajstić information content (AvgIpc) is 2.44. The number of likely N-dealkylation sites (tertiary alicyclic amines) is 1. The van der Waals surface area contributed by atoms with E-state index in [0.717, 1.165) is 40.7 Å². The number of rotatable bonds is 3. The van der Waals surface area contributed by atoms with Gasteiger partial charge in [-0.2, -0.15) is 0 Å². The molecular weight excluding hydrogens is 370 g/mol. The number of carbonyl (C=O) groups excluding carboxylic acids is 1. The van der Waals surface area contributed by atoms with Crippen molar-refractivity contribution in [2.45, 2.75) is 53.1 Å². The fourth-order valence-corrected chi connectivity index (χ4v) is 3.71. The largest absolute Gasteiger partial charge is 0.493 e. The highest BCUT2D eigenvalue weighted by molar-refractivity contribution is 9.10. The molecule has 1 saturated heterocycles. The van der Waals surface area contributed by atoms with Crippen LogP contribution in [-0.2, 0) is 4.74 Å². The number of amides is 1. The van der Waals surface area contributed by atoms with Crippen molar-refractivity contribution < 1.29 is 14.3 Å². The van der Waals surface area contributed by atoms with Gasteiger partial charge in [0.05, 0.1) is 6.61 Å². The minimum atomic E-state index is -0.452. The Hall–Kier alpha value is -1.23. The number of ether oxygens (including phenoxy) is 2. The van der Waals surface area contributed by atoms with Crippen molar-refractivity contribution in [2.24, 2.45) is 5.92 Å². The zero-order chi connectivity index (χ0) is 17.9. The first-order valence-electron chi connectivity index (χ1n) is 8.53. The van der Waals surface area contributed by atoms with E-state index in [4.69, 9.17) is 9.47 Å². The van der Waals surface area contributed by atoms with Crippen LogP contribution in [0.5, 0.6) is 5.75 Å². The van der Waals surface area contributed by atoms with Crippen LogP contribution in [0.3, 0.4) is 0 Å². The highest BCUT2D eigenvalue weighted by Gasteiger charge is 2.28. The topological polar surface area (TPSA) is 38.8 Å². The third kappa shape index (κ3) is 5.40. The van der Waals surface area contributed by atoms with Gasteiger partial charge >= 0.3 is 6.09 Å². The monoisotopic (exact) mass is 397 g/mol. The summed E-state index contributed by atoms with van der Waals surface area (Å²) < 4.78 is 12.6. The molecule has 1 aromatic carbocycles. The van der Waals surface area contributed by atoms with Crippen LogP contribution in [0.25, 0.3) is 0 Å². The fourth-order valence-electron chi connectivity index (χ4n) is 3.02. The van der Waals surface area contributed by atoms with Crippen LogP contribution in [0.15, 0.2) is 16.6 Å². The van der Waals surface area contributed by atoms with E-state index < -0.39 is 5.60 Å². The third-order valence-corrected chi connectivity index (χ3v) is 4.52. The Balaban J connectivity index is 1.93. The summed E-state index contributed by atoms with van der Waals surface area (Å²) in [6.07, 6.45) is 1.85. The van der Waals surface area contributed by atoms with Gasteiger partial charge in [0.15, 0.2) is 0 Å². The lowest BCUT2D eigenvalue weighted by atomic mass is 9.99. The number of carbonyl (C=O) groups is 1. The van der Waals surface area contributed by atoms with E-state index in [1.165, 1.54) is 0 Å². The van der Waals surface area contributed by atoms with Crippen molar-refractivity contribution in [3.05, 3.63) is 27.7 Å². The predicted octanol–water partition coefficient (Wildman–Crippen LogP) is 5.09. The fraction of sp³-hybridized carbons (Fsp3) is 0.632. The first kappa shape index (κ1) is 19.1. The van der Waals surface area contributed by atoms with Crippen molar-refractivity contribution in [3.63, 3.8) is 0 Å². The maximum Gasteiger partial charge on any atom is 0.410 e. The Morgan fingerprint density at radius 3 is 2.50 bits per heavy atom. The molecule has 5 heteroatoms. The minimum absolute atomic E-state index is 0.219. The van der Waals surface area contributed by atoms with E-state index in [0.29, 0.717) is 19.1 Å². The van der Waals surface area contributed by atoms with Gasteiger partial charge < -0.3 is 14.4 Å². The quantitative estimate of drug-likeness (QED) is 0.712. The first-order valence-corrected chi connectivity index (χ1v) is 9.32. The van der Waals surface area contributed by atoms with E-state index in [9.17, 15) is 4.79 Å². The molecule has 1 aliphatic heterocycles. The highest BCUT2D eigenvalue weighted by Crippen LogP contribution is 2.28. The summed E-state index contributed by atoms with van der Waals surface area (Å²) in [5.41, 5.74) is 1.80. The molecule has 0 radical (unpaired) electrons. The van der Waals surface area contributed by atoms with E-state index in [1.54, 1.807) is 0 Å². The second kappa shape index (κ2) is 7.77. The summed E-state index contributed by atoms with van der Waals surface area (Å²) in [5.74, 6) is 1.29. The Kier molecular flexibility index (Phi) is 6.18. The standard InChI is InChI=1S/C19H28BrNO3/c1-13-9-16(20)10-14(2)17(13)23-12-15-7-6-8-21(11-15)18(22)24-19(3,4)5/h9-10,15H,6-8,11-12H2,1-5H3. The Morgan fingerprint density at radius 1 is 1.29 bits per heavy atom. The smallest absolute Gasteiger partial charge is 0.410 e. The van der Waals surface area contributed by atoms with Gasteiger partial charge in [0, 0.05) is 23.5 Å². The van der Waals surface area contributed by atoms with Crippen molar-refractivity contribution in [1.82, 2.24) is 4.90 Å². The molecule has 0 spiro atoms. The van der Waals surface area contributed by atoms with Crippen LogP contribution in [-0.4, -0.2) is 36.3 Å². The number of hydrogen-bond acceptors (Lipinski definition) is 3. The molecule has 0 bridgehead atoms. The molecule has 1 heterocycles. The van der Waals surface area contributed by atoms with Gasteiger partial charge in [-0.05, 0) is 70.7 Å². The Bertz CT molecular complexity index is 572. The zero-order valence-electron chi connectivity index (χ0n) is 15.3. The number of benzene rings is 1. The van der Waals surface area contributed by atoms with E-state index >= 15 is 0 Å². The molecule has 0 saturated carbocycles. The van der Waals surface area contributed by atoms with Crippen LogP contribution in [0.1, 0.15) is 44.7 Å². The molecule has 1 unspecified atom stereocenters. The molecule has 134 valence electrons. The van der Waals surface area contributed by atoms with Gasteiger partial charge in [-0.1, -0.05) is 15.9 Å². The predicted molar refractivity (Wildman–Crippen MR) is 99.6 cm³/mol. The summed E-state index contributed by atoms with van der Waals surface area (Å²) in [4.78, 5) is 14.0. The first-order chi connectivity index (χ1) is 11.2. The summed E-state index contributed by atoms with van der Waals surface area (Å²) >= 11 is 3.51. The van der Waals surface area contributed by atoms with E-state index in [-0.39, 0.29) is 6.09 Å². The molecule has 0 N–H and O–H groups in total. The molecule has 4 nitrogen and oxygen atoms in total. The van der Waals surface area contributed by atoms with Crippen molar-refractivity contribution >= 4 is 22.0 Å². The normalized spacial score (nSPS) is 18.4. The SMILES string of the molecule is Cc1cc(Br)cc(C)c1OCC1CCCN(C(=O)OC(C)(C)C)C1. The van der Waals surface area contributed by atoms with Gasteiger partial charge in [-0.3, -0.25) is 0 Å². The molecule has 2 rings (SSSR count). The molecule has 1 amide bonds. The van der Waals surface area contributed by atoms with Crippen molar-refractivity contribution in [1.29, 1.82) is 0 Å². The second-order valence-electron chi connectivity index (χ2n) is 7.61. The van der Waals surface area contributed by atoms with Gasteiger partial charge in [0.25, 0.3) is 0 Å². The molecule has 24 heavy (non-hydrogen) atoms. The summed E-state index contributed by atoms with van der Waals surface area (Å²) in [6, 6.07) is 4.13. The van der Waals surface area contributed by atoms with Crippen LogP contribution in [0.4, 0.5) is 4.79 Å². The second-order valence-corrected chi connectivity index (χ2v) is 8.53.